The van der Waals surface area contributed by atoms with Gasteiger partial charge in [0.2, 0.25) is 10.0 Å². The predicted molar refractivity (Wildman–Crippen MR) is 95.6 cm³/mol. The highest BCUT2D eigenvalue weighted by Gasteiger charge is 2.20. The number of pyridine rings is 1. The first kappa shape index (κ1) is 17.9. The van der Waals surface area contributed by atoms with Gasteiger partial charge in [-0.05, 0) is 24.3 Å². The summed E-state index contributed by atoms with van der Waals surface area (Å²) in [5.41, 5.74) is 1.57. The number of benzene rings is 2. The molecule has 0 aliphatic rings. The van der Waals surface area contributed by atoms with E-state index in [1.165, 1.54) is 18.2 Å². The molecular weight excluding hydrogens is 355 g/mol. The Morgan fingerprint density at radius 1 is 0.923 bits per heavy atom. The molecule has 0 atom stereocenters. The van der Waals surface area contributed by atoms with E-state index in [2.05, 4.69) is 9.71 Å². The van der Waals surface area contributed by atoms with E-state index in [-0.39, 0.29) is 5.69 Å². The van der Waals surface area contributed by atoms with Crippen molar-refractivity contribution in [3.8, 4) is 11.3 Å². The first-order chi connectivity index (χ1) is 12.5. The summed E-state index contributed by atoms with van der Waals surface area (Å²) < 4.78 is 40.1. The van der Waals surface area contributed by atoms with Crippen LogP contribution in [0.15, 0.2) is 77.7 Å². The Balaban J connectivity index is 1.76. The van der Waals surface area contributed by atoms with Gasteiger partial charge in [-0.15, -0.1) is 0 Å². The lowest BCUT2D eigenvalue weighted by Gasteiger charge is -2.08. The van der Waals surface area contributed by atoms with Crippen LogP contribution in [0.5, 0.6) is 0 Å². The molecule has 0 saturated carbocycles. The predicted octanol–water partition coefficient (Wildman–Crippen LogP) is 3.05. The molecule has 0 amide bonds. The zero-order valence-electron chi connectivity index (χ0n) is 13.6. The molecule has 26 heavy (non-hydrogen) atoms. The normalized spacial score (nSPS) is 11.3. The topological polar surface area (TPSA) is 76.1 Å². The maximum Gasteiger partial charge on any atom is 0.243 e. The number of carbonyl (C=O) groups is 1. The van der Waals surface area contributed by atoms with E-state index >= 15 is 0 Å². The molecule has 0 fully saturated rings. The fourth-order valence-electron chi connectivity index (χ4n) is 2.35. The van der Waals surface area contributed by atoms with Crippen LogP contribution >= 0.6 is 0 Å². The number of hydrogen-bond acceptors (Lipinski definition) is 4. The second-order valence-electron chi connectivity index (χ2n) is 5.45. The van der Waals surface area contributed by atoms with Gasteiger partial charge in [0.25, 0.3) is 0 Å². The van der Waals surface area contributed by atoms with Gasteiger partial charge < -0.3 is 0 Å². The monoisotopic (exact) mass is 370 g/mol. The Morgan fingerprint density at radius 3 is 2.35 bits per heavy atom. The summed E-state index contributed by atoms with van der Waals surface area (Å²) in [5, 5.41) is 0. The van der Waals surface area contributed by atoms with Gasteiger partial charge >= 0.3 is 0 Å². The maximum atomic E-state index is 13.7. The Bertz CT molecular complexity index is 1040. The van der Waals surface area contributed by atoms with Gasteiger partial charge in [-0.1, -0.05) is 48.5 Å². The van der Waals surface area contributed by atoms with Crippen LogP contribution in [0.2, 0.25) is 0 Å². The molecule has 1 aromatic heterocycles. The standard InChI is InChI=1S/C19H15FN2O3S/c20-15-9-4-5-12-19(15)26(24,25)21-13-18(23)17-11-6-10-16(22-17)14-7-2-1-3-8-14/h1-12,21H,13H2. The van der Waals surface area contributed by atoms with Crippen LogP contribution < -0.4 is 4.72 Å². The van der Waals surface area contributed by atoms with Gasteiger partial charge in [0, 0.05) is 5.56 Å². The fraction of sp³-hybridized carbons (Fsp3) is 0.0526. The zero-order chi connectivity index (χ0) is 18.6. The number of aromatic nitrogens is 1. The number of nitrogens with one attached hydrogen (secondary N) is 1. The zero-order valence-corrected chi connectivity index (χ0v) is 14.4. The summed E-state index contributed by atoms with van der Waals surface area (Å²) >= 11 is 0. The SMILES string of the molecule is O=C(CNS(=O)(=O)c1ccccc1F)c1cccc(-c2ccccc2)n1. The van der Waals surface area contributed by atoms with Gasteiger partial charge in [0.15, 0.2) is 5.78 Å². The average Bonchev–Trinajstić information content (AvgIpc) is 2.67. The van der Waals surface area contributed by atoms with E-state index in [1.54, 1.807) is 12.1 Å². The van der Waals surface area contributed by atoms with Gasteiger partial charge in [-0.25, -0.2) is 22.5 Å². The third kappa shape index (κ3) is 4.01. The molecule has 0 radical (unpaired) electrons. The molecule has 1 heterocycles. The van der Waals surface area contributed by atoms with Crippen molar-refractivity contribution >= 4 is 15.8 Å². The Morgan fingerprint density at radius 2 is 1.62 bits per heavy atom. The number of rotatable bonds is 6. The highest BCUT2D eigenvalue weighted by atomic mass is 32.2. The van der Waals surface area contributed by atoms with Crippen molar-refractivity contribution in [2.45, 2.75) is 4.90 Å². The number of ketones is 1. The van der Waals surface area contributed by atoms with Crippen molar-refractivity contribution in [1.29, 1.82) is 0 Å². The van der Waals surface area contributed by atoms with Crippen LogP contribution in [0.3, 0.4) is 0 Å². The fourth-order valence-corrected chi connectivity index (χ4v) is 3.41. The molecule has 5 nitrogen and oxygen atoms in total. The number of sulfonamides is 1. The minimum atomic E-state index is -4.13. The number of hydrogen-bond donors (Lipinski definition) is 1. The summed E-state index contributed by atoms with van der Waals surface area (Å²) in [7, 11) is -4.13. The van der Waals surface area contributed by atoms with E-state index in [4.69, 9.17) is 0 Å². The number of carbonyl (C=O) groups excluding carboxylic acids is 1. The lowest BCUT2D eigenvalue weighted by Crippen LogP contribution is -2.30. The Hall–Kier alpha value is -2.90. The van der Waals surface area contributed by atoms with Crippen molar-refractivity contribution in [3.05, 3.63) is 84.3 Å². The van der Waals surface area contributed by atoms with E-state index in [0.717, 1.165) is 17.7 Å². The van der Waals surface area contributed by atoms with Crippen LogP contribution in [-0.2, 0) is 10.0 Å². The van der Waals surface area contributed by atoms with Gasteiger partial charge in [0.1, 0.15) is 16.4 Å². The van der Waals surface area contributed by atoms with Crippen molar-refractivity contribution in [2.75, 3.05) is 6.54 Å². The Kier molecular flexibility index (Phi) is 5.20. The van der Waals surface area contributed by atoms with Gasteiger partial charge in [0.05, 0.1) is 12.2 Å². The summed E-state index contributed by atoms with van der Waals surface area (Å²) in [6.45, 7) is -0.512. The first-order valence-corrected chi connectivity index (χ1v) is 9.25. The highest BCUT2D eigenvalue weighted by Crippen LogP contribution is 2.17. The van der Waals surface area contributed by atoms with Gasteiger partial charge in [-0.2, -0.15) is 0 Å². The Labute approximate surface area is 150 Å². The third-order valence-electron chi connectivity index (χ3n) is 3.65. The molecule has 0 unspecified atom stereocenters. The second kappa shape index (κ2) is 7.55. The molecule has 0 saturated heterocycles. The third-order valence-corrected chi connectivity index (χ3v) is 5.09. The molecule has 0 bridgehead atoms. The summed E-state index contributed by atoms with van der Waals surface area (Å²) in [4.78, 5) is 16.1. The maximum absolute atomic E-state index is 13.7. The number of Topliss-reactive ketones (excluding diaryl/α,β-unsaturated/α-hetero) is 1. The number of halogens is 1. The number of nitrogens with zero attached hydrogens (tertiary/aromatic N) is 1. The molecule has 0 spiro atoms. The van der Waals surface area contributed by atoms with E-state index in [9.17, 15) is 17.6 Å². The van der Waals surface area contributed by atoms with Crippen LogP contribution in [0, 0.1) is 5.82 Å². The van der Waals surface area contributed by atoms with E-state index < -0.39 is 33.1 Å². The van der Waals surface area contributed by atoms with Crippen LogP contribution in [-0.4, -0.2) is 25.7 Å². The first-order valence-electron chi connectivity index (χ1n) is 7.77. The van der Waals surface area contributed by atoms with Crippen molar-refractivity contribution in [2.24, 2.45) is 0 Å². The van der Waals surface area contributed by atoms with Crippen molar-refractivity contribution in [1.82, 2.24) is 9.71 Å². The molecule has 3 rings (SSSR count). The molecule has 7 heteroatoms. The van der Waals surface area contributed by atoms with E-state index in [0.29, 0.717) is 5.69 Å². The molecule has 132 valence electrons. The smallest absolute Gasteiger partial charge is 0.243 e. The van der Waals surface area contributed by atoms with Crippen LogP contribution in [0.25, 0.3) is 11.3 Å². The lowest BCUT2D eigenvalue weighted by atomic mass is 10.1. The second-order valence-corrected chi connectivity index (χ2v) is 7.19. The minimum Gasteiger partial charge on any atom is -0.291 e. The lowest BCUT2D eigenvalue weighted by molar-refractivity contribution is 0.0992. The van der Waals surface area contributed by atoms with Crippen molar-refractivity contribution in [3.63, 3.8) is 0 Å². The minimum absolute atomic E-state index is 0.127. The van der Waals surface area contributed by atoms with Crippen LogP contribution in [0.4, 0.5) is 4.39 Å². The summed E-state index contributed by atoms with van der Waals surface area (Å²) in [6, 6.07) is 19.2. The summed E-state index contributed by atoms with van der Waals surface area (Å²) in [5.74, 6) is -1.39. The highest BCUT2D eigenvalue weighted by molar-refractivity contribution is 7.89. The van der Waals surface area contributed by atoms with Crippen molar-refractivity contribution < 1.29 is 17.6 Å². The average molecular weight is 370 g/mol. The molecular formula is C19H15FN2O3S. The van der Waals surface area contributed by atoms with E-state index in [1.807, 2.05) is 30.3 Å². The quantitative estimate of drug-likeness (QED) is 0.677. The molecule has 1 N–H and O–H groups in total. The van der Waals surface area contributed by atoms with Gasteiger partial charge in [-0.3, -0.25) is 4.79 Å². The largest absolute Gasteiger partial charge is 0.291 e. The summed E-state index contributed by atoms with van der Waals surface area (Å²) in [6.07, 6.45) is 0. The van der Waals surface area contributed by atoms with Crippen LogP contribution in [0.1, 0.15) is 10.5 Å². The molecule has 2 aromatic carbocycles. The molecule has 0 aliphatic carbocycles. The molecule has 0 aliphatic heterocycles. The molecule has 3 aromatic rings.